The molecule has 1 rings (SSSR count). The van der Waals surface area contributed by atoms with E-state index in [4.69, 9.17) is 16.3 Å². The second kappa shape index (κ2) is 8.07. The minimum absolute atomic E-state index is 0.281. The van der Waals surface area contributed by atoms with Gasteiger partial charge in [0.05, 0.1) is 17.0 Å². The average molecular weight is 262 g/mol. The van der Waals surface area contributed by atoms with Gasteiger partial charge < -0.3 is 10.1 Å². The Labute approximate surface area is 107 Å². The number of rotatable bonds is 8. The van der Waals surface area contributed by atoms with E-state index in [1.165, 1.54) is 4.88 Å². The van der Waals surface area contributed by atoms with E-state index in [2.05, 4.69) is 25.2 Å². The van der Waals surface area contributed by atoms with E-state index in [1.807, 2.05) is 6.07 Å². The fourth-order valence-corrected chi connectivity index (χ4v) is 2.54. The molecule has 0 amide bonds. The van der Waals surface area contributed by atoms with Gasteiger partial charge in [-0.3, -0.25) is 0 Å². The molecule has 1 N–H and O–H groups in total. The summed E-state index contributed by atoms with van der Waals surface area (Å²) in [6.45, 7) is 6.85. The highest BCUT2D eigenvalue weighted by atomic mass is 35.5. The quantitative estimate of drug-likeness (QED) is 0.718. The van der Waals surface area contributed by atoms with Crippen molar-refractivity contribution in [2.24, 2.45) is 0 Å². The van der Waals surface area contributed by atoms with Gasteiger partial charge in [0.1, 0.15) is 0 Å². The van der Waals surface area contributed by atoms with E-state index >= 15 is 0 Å². The van der Waals surface area contributed by atoms with Crippen LogP contribution in [-0.4, -0.2) is 19.8 Å². The number of ether oxygens (including phenoxy) is 1. The third kappa shape index (κ3) is 4.83. The molecule has 4 heteroatoms. The predicted molar refractivity (Wildman–Crippen MR) is 71.5 cm³/mol. The third-order valence-corrected chi connectivity index (χ3v) is 3.56. The van der Waals surface area contributed by atoms with Crippen molar-refractivity contribution in [2.45, 2.75) is 32.7 Å². The van der Waals surface area contributed by atoms with Crippen LogP contribution in [0.15, 0.2) is 12.1 Å². The minimum Gasteiger partial charge on any atom is -0.379 e. The first-order valence-electron chi connectivity index (χ1n) is 5.84. The van der Waals surface area contributed by atoms with E-state index < -0.39 is 0 Å². The lowest BCUT2D eigenvalue weighted by Crippen LogP contribution is -2.25. The van der Waals surface area contributed by atoms with Crippen LogP contribution in [0.3, 0.4) is 0 Å². The maximum atomic E-state index is 5.95. The molecule has 1 unspecified atom stereocenters. The lowest BCUT2D eigenvalue weighted by Gasteiger charge is -2.17. The molecule has 0 aliphatic carbocycles. The summed E-state index contributed by atoms with van der Waals surface area (Å²) in [5, 5.41) is 3.48. The van der Waals surface area contributed by atoms with Crippen LogP contribution < -0.4 is 5.32 Å². The van der Waals surface area contributed by atoms with Crippen molar-refractivity contribution in [3.05, 3.63) is 21.3 Å². The zero-order valence-corrected chi connectivity index (χ0v) is 11.5. The van der Waals surface area contributed by atoms with Crippen LogP contribution in [0.25, 0.3) is 0 Å². The van der Waals surface area contributed by atoms with Crippen LogP contribution in [0.4, 0.5) is 0 Å². The second-order valence-electron chi connectivity index (χ2n) is 3.72. The van der Waals surface area contributed by atoms with Gasteiger partial charge in [0.25, 0.3) is 0 Å². The van der Waals surface area contributed by atoms with Gasteiger partial charge in [-0.1, -0.05) is 25.4 Å². The molecule has 92 valence electrons. The van der Waals surface area contributed by atoms with Crippen molar-refractivity contribution in [1.82, 2.24) is 5.32 Å². The van der Waals surface area contributed by atoms with Crippen LogP contribution in [0.5, 0.6) is 0 Å². The van der Waals surface area contributed by atoms with Gasteiger partial charge in [-0.2, -0.15) is 0 Å². The first-order valence-corrected chi connectivity index (χ1v) is 7.03. The molecular formula is C12H20ClNOS. The zero-order valence-electron chi connectivity index (χ0n) is 9.96. The average Bonchev–Trinajstić information content (AvgIpc) is 2.70. The summed E-state index contributed by atoms with van der Waals surface area (Å²) in [5.41, 5.74) is 0. The van der Waals surface area contributed by atoms with Crippen molar-refractivity contribution in [3.63, 3.8) is 0 Å². The van der Waals surface area contributed by atoms with E-state index in [9.17, 15) is 0 Å². The van der Waals surface area contributed by atoms with Gasteiger partial charge in [-0.15, -0.1) is 11.3 Å². The molecule has 0 bridgehead atoms. The lowest BCUT2D eigenvalue weighted by molar-refractivity contribution is 0.113. The van der Waals surface area contributed by atoms with Crippen LogP contribution in [0, 0.1) is 0 Å². The number of hydrogen-bond acceptors (Lipinski definition) is 3. The van der Waals surface area contributed by atoms with Crippen LogP contribution in [0.2, 0.25) is 4.34 Å². The molecular weight excluding hydrogens is 242 g/mol. The second-order valence-corrected chi connectivity index (χ2v) is 5.47. The number of hydrogen-bond donors (Lipinski definition) is 1. The van der Waals surface area contributed by atoms with Gasteiger partial charge in [-0.05, 0) is 31.5 Å². The molecule has 0 aromatic carbocycles. The molecule has 0 radical (unpaired) electrons. The highest BCUT2D eigenvalue weighted by Crippen LogP contribution is 2.27. The highest BCUT2D eigenvalue weighted by Gasteiger charge is 2.12. The molecule has 0 aliphatic heterocycles. The number of nitrogens with one attached hydrogen (secondary N) is 1. The molecule has 0 aliphatic rings. The summed E-state index contributed by atoms with van der Waals surface area (Å²) < 4.78 is 6.45. The van der Waals surface area contributed by atoms with Crippen LogP contribution in [0.1, 0.15) is 37.6 Å². The zero-order chi connectivity index (χ0) is 11.8. The first kappa shape index (κ1) is 14.0. The Morgan fingerprint density at radius 2 is 2.19 bits per heavy atom. The van der Waals surface area contributed by atoms with Gasteiger partial charge >= 0.3 is 0 Å². The van der Waals surface area contributed by atoms with Crippen LogP contribution >= 0.6 is 22.9 Å². The number of halogens is 1. The maximum absolute atomic E-state index is 5.95. The third-order valence-electron chi connectivity index (χ3n) is 2.21. The standard InChI is InChI=1S/C12H20ClNOS/c1-3-7-14-10(9-15-8-4-2)11-5-6-12(13)16-11/h5-6,10,14H,3-4,7-9H2,1-2H3. The van der Waals surface area contributed by atoms with Crippen molar-refractivity contribution in [2.75, 3.05) is 19.8 Å². The predicted octanol–water partition coefficient (Wildman–Crippen LogP) is 3.87. The van der Waals surface area contributed by atoms with Crippen LogP contribution in [-0.2, 0) is 4.74 Å². The molecule has 1 aromatic rings. The smallest absolute Gasteiger partial charge is 0.0931 e. The van der Waals surface area contributed by atoms with Gasteiger partial charge in [0.2, 0.25) is 0 Å². The molecule has 0 spiro atoms. The summed E-state index contributed by atoms with van der Waals surface area (Å²) in [4.78, 5) is 1.26. The largest absolute Gasteiger partial charge is 0.379 e. The first-order chi connectivity index (χ1) is 7.77. The molecule has 1 atom stereocenters. The normalized spacial score (nSPS) is 12.9. The highest BCUT2D eigenvalue weighted by molar-refractivity contribution is 7.16. The topological polar surface area (TPSA) is 21.3 Å². The fourth-order valence-electron chi connectivity index (χ4n) is 1.42. The van der Waals surface area contributed by atoms with Crippen molar-refractivity contribution < 1.29 is 4.74 Å². The molecule has 0 saturated heterocycles. The molecule has 0 saturated carbocycles. The summed E-state index contributed by atoms with van der Waals surface area (Å²) in [6.07, 6.45) is 2.19. The van der Waals surface area contributed by atoms with Gasteiger partial charge in [-0.25, -0.2) is 0 Å². The Morgan fingerprint density at radius 1 is 1.38 bits per heavy atom. The minimum atomic E-state index is 0.281. The van der Waals surface area contributed by atoms with Crippen molar-refractivity contribution >= 4 is 22.9 Å². The van der Waals surface area contributed by atoms with E-state index in [-0.39, 0.29) is 6.04 Å². The van der Waals surface area contributed by atoms with Crippen molar-refractivity contribution in [1.29, 1.82) is 0 Å². The fraction of sp³-hybridized carbons (Fsp3) is 0.667. The monoisotopic (exact) mass is 261 g/mol. The Kier molecular flexibility index (Phi) is 7.05. The Bertz CT molecular complexity index is 290. The summed E-state index contributed by atoms with van der Waals surface area (Å²) in [5.74, 6) is 0. The molecule has 2 nitrogen and oxygen atoms in total. The Balaban J connectivity index is 2.49. The molecule has 16 heavy (non-hydrogen) atoms. The molecule has 1 aromatic heterocycles. The summed E-state index contributed by atoms with van der Waals surface area (Å²) in [6, 6.07) is 4.31. The molecule has 0 fully saturated rings. The molecule has 1 heterocycles. The van der Waals surface area contributed by atoms with E-state index in [0.29, 0.717) is 0 Å². The summed E-state index contributed by atoms with van der Waals surface area (Å²) in [7, 11) is 0. The van der Waals surface area contributed by atoms with Gasteiger partial charge in [0.15, 0.2) is 0 Å². The van der Waals surface area contributed by atoms with Crippen molar-refractivity contribution in [3.8, 4) is 0 Å². The SMILES string of the molecule is CCCNC(COCCC)c1ccc(Cl)s1. The lowest BCUT2D eigenvalue weighted by atomic mass is 10.2. The Morgan fingerprint density at radius 3 is 2.75 bits per heavy atom. The Hall–Kier alpha value is -0.0900. The number of thiophene rings is 1. The van der Waals surface area contributed by atoms with E-state index in [0.717, 1.165) is 36.9 Å². The van der Waals surface area contributed by atoms with Gasteiger partial charge in [0, 0.05) is 11.5 Å². The van der Waals surface area contributed by atoms with E-state index in [1.54, 1.807) is 11.3 Å². The summed E-state index contributed by atoms with van der Waals surface area (Å²) >= 11 is 7.58. The maximum Gasteiger partial charge on any atom is 0.0931 e.